The molecule has 1 aromatic carbocycles. The maximum absolute atomic E-state index is 13.1. The summed E-state index contributed by atoms with van der Waals surface area (Å²) in [4.78, 5) is 33.0. The van der Waals surface area contributed by atoms with Gasteiger partial charge in [-0.1, -0.05) is 0 Å². The van der Waals surface area contributed by atoms with Crippen molar-refractivity contribution in [1.82, 2.24) is 14.7 Å². The smallest absolute Gasteiger partial charge is 0.228 e. The molecule has 0 aliphatic carbocycles. The van der Waals surface area contributed by atoms with E-state index in [1.54, 1.807) is 12.1 Å². The zero-order valence-electron chi connectivity index (χ0n) is 16.2. The summed E-state index contributed by atoms with van der Waals surface area (Å²) in [6.45, 7) is 4.94. The molecule has 0 N–H and O–H groups in total. The molecule has 1 aromatic rings. The van der Waals surface area contributed by atoms with Gasteiger partial charge >= 0.3 is 0 Å². The first kappa shape index (κ1) is 19.6. The molecule has 2 fully saturated rings. The summed E-state index contributed by atoms with van der Waals surface area (Å²) in [7, 11) is 4.04. The molecule has 148 valence electrons. The first-order chi connectivity index (χ1) is 12.9. The lowest BCUT2D eigenvalue weighted by molar-refractivity contribution is -0.136. The van der Waals surface area contributed by atoms with Crippen molar-refractivity contribution in [3.05, 3.63) is 30.1 Å². The van der Waals surface area contributed by atoms with Gasteiger partial charge in [-0.2, -0.15) is 0 Å². The molecule has 2 aliphatic heterocycles. The van der Waals surface area contributed by atoms with Crippen molar-refractivity contribution in [2.45, 2.75) is 12.8 Å². The monoisotopic (exact) mass is 376 g/mol. The molecule has 0 saturated carbocycles. The van der Waals surface area contributed by atoms with Gasteiger partial charge in [0.1, 0.15) is 5.82 Å². The van der Waals surface area contributed by atoms with Gasteiger partial charge in [-0.3, -0.25) is 9.59 Å². The maximum atomic E-state index is 13.1. The third-order valence-electron chi connectivity index (χ3n) is 5.38. The molecule has 2 heterocycles. The quantitative estimate of drug-likeness (QED) is 0.750. The fraction of sp³-hybridized carbons (Fsp3) is 0.600. The first-order valence-corrected chi connectivity index (χ1v) is 9.66. The van der Waals surface area contributed by atoms with Crippen LogP contribution in [-0.4, -0.2) is 86.4 Å². The highest BCUT2D eigenvalue weighted by Crippen LogP contribution is 2.22. The van der Waals surface area contributed by atoms with Gasteiger partial charge in [0, 0.05) is 51.4 Å². The molecule has 0 aromatic heterocycles. The minimum atomic E-state index is -0.242. The number of likely N-dealkylation sites (tertiary alicyclic amines) is 1. The van der Waals surface area contributed by atoms with Crippen LogP contribution in [0.15, 0.2) is 24.3 Å². The van der Waals surface area contributed by atoms with Crippen LogP contribution in [0.1, 0.15) is 12.8 Å². The predicted molar refractivity (Wildman–Crippen MR) is 103 cm³/mol. The van der Waals surface area contributed by atoms with E-state index in [9.17, 15) is 14.0 Å². The zero-order chi connectivity index (χ0) is 19.4. The zero-order valence-corrected chi connectivity index (χ0v) is 16.2. The molecule has 0 bridgehead atoms. The van der Waals surface area contributed by atoms with E-state index in [-0.39, 0.29) is 23.5 Å². The number of hydrogen-bond donors (Lipinski definition) is 0. The molecule has 2 amide bonds. The summed E-state index contributed by atoms with van der Waals surface area (Å²) in [6, 6.07) is 6.46. The Morgan fingerprint density at radius 3 is 2.44 bits per heavy atom. The minimum absolute atomic E-state index is 0.0945. The number of rotatable bonds is 6. The fourth-order valence-corrected chi connectivity index (χ4v) is 3.83. The Hall–Kier alpha value is -2.15. The summed E-state index contributed by atoms with van der Waals surface area (Å²) in [5, 5.41) is 0. The molecule has 7 heteroatoms. The van der Waals surface area contributed by atoms with Crippen molar-refractivity contribution >= 4 is 17.5 Å². The summed E-state index contributed by atoms with van der Waals surface area (Å²) in [5.74, 6) is -0.267. The van der Waals surface area contributed by atoms with Gasteiger partial charge in [0.2, 0.25) is 11.8 Å². The second-order valence-electron chi connectivity index (χ2n) is 7.69. The third-order valence-corrected chi connectivity index (χ3v) is 5.38. The normalized spacial score (nSPS) is 20.7. The van der Waals surface area contributed by atoms with Crippen LogP contribution >= 0.6 is 0 Å². The number of carbonyl (C=O) groups is 2. The SMILES string of the molecule is CN(C)CCCN1CC(C(=O)N2CCN(c3ccc(F)cc3)CC2)CC1=O. The summed E-state index contributed by atoms with van der Waals surface area (Å²) < 4.78 is 13.1. The third kappa shape index (κ3) is 4.97. The van der Waals surface area contributed by atoms with E-state index in [1.165, 1.54) is 12.1 Å². The van der Waals surface area contributed by atoms with Crippen molar-refractivity contribution < 1.29 is 14.0 Å². The van der Waals surface area contributed by atoms with Crippen LogP contribution in [0.3, 0.4) is 0 Å². The van der Waals surface area contributed by atoms with Crippen LogP contribution in [-0.2, 0) is 9.59 Å². The lowest BCUT2D eigenvalue weighted by Crippen LogP contribution is -2.50. The molecule has 1 atom stereocenters. The van der Waals surface area contributed by atoms with Crippen molar-refractivity contribution in [2.24, 2.45) is 5.92 Å². The number of benzene rings is 1. The Kier molecular flexibility index (Phi) is 6.31. The highest BCUT2D eigenvalue weighted by molar-refractivity contribution is 5.89. The number of halogens is 1. The molecule has 2 aliphatic rings. The average Bonchev–Trinajstić information content (AvgIpc) is 3.02. The Morgan fingerprint density at radius 2 is 1.81 bits per heavy atom. The number of piperazine rings is 1. The van der Waals surface area contributed by atoms with Crippen molar-refractivity contribution in [1.29, 1.82) is 0 Å². The van der Waals surface area contributed by atoms with Crippen molar-refractivity contribution in [3.63, 3.8) is 0 Å². The first-order valence-electron chi connectivity index (χ1n) is 9.66. The van der Waals surface area contributed by atoms with Crippen molar-refractivity contribution in [3.8, 4) is 0 Å². The standard InChI is InChI=1S/C20H29FN4O2/c1-22(2)8-3-9-25-15-16(14-19(25)26)20(27)24-12-10-23(11-13-24)18-6-4-17(21)5-7-18/h4-7,16H,3,8-15H2,1-2H3. The van der Waals surface area contributed by atoms with Crippen LogP contribution < -0.4 is 4.90 Å². The summed E-state index contributed by atoms with van der Waals surface area (Å²) in [5.41, 5.74) is 0.978. The number of carbonyl (C=O) groups excluding carboxylic acids is 2. The highest BCUT2D eigenvalue weighted by Gasteiger charge is 2.37. The van der Waals surface area contributed by atoms with E-state index < -0.39 is 0 Å². The van der Waals surface area contributed by atoms with Gasteiger partial charge in [0.15, 0.2) is 0 Å². The van der Waals surface area contributed by atoms with Gasteiger partial charge in [-0.25, -0.2) is 4.39 Å². The predicted octanol–water partition coefficient (Wildman–Crippen LogP) is 1.27. The Labute approximate surface area is 160 Å². The van der Waals surface area contributed by atoms with Gasteiger partial charge in [-0.15, -0.1) is 0 Å². The van der Waals surface area contributed by atoms with Gasteiger partial charge in [0.05, 0.1) is 5.92 Å². The maximum Gasteiger partial charge on any atom is 0.228 e. The second kappa shape index (κ2) is 8.69. The number of nitrogens with zero attached hydrogens (tertiary/aromatic N) is 4. The summed E-state index contributed by atoms with van der Waals surface area (Å²) >= 11 is 0. The van der Waals surface area contributed by atoms with E-state index in [2.05, 4.69) is 9.80 Å². The lowest BCUT2D eigenvalue weighted by Gasteiger charge is -2.37. The molecule has 0 radical (unpaired) electrons. The molecule has 1 unspecified atom stereocenters. The molecular weight excluding hydrogens is 347 g/mol. The highest BCUT2D eigenvalue weighted by atomic mass is 19.1. The number of anilines is 1. The average molecular weight is 376 g/mol. The van der Waals surface area contributed by atoms with Gasteiger partial charge in [0.25, 0.3) is 0 Å². The fourth-order valence-electron chi connectivity index (χ4n) is 3.83. The Bertz CT molecular complexity index is 656. The number of amides is 2. The van der Waals surface area contributed by atoms with E-state index in [4.69, 9.17) is 0 Å². The number of hydrogen-bond acceptors (Lipinski definition) is 4. The van der Waals surface area contributed by atoms with Crippen LogP contribution in [0.5, 0.6) is 0 Å². The lowest BCUT2D eigenvalue weighted by atomic mass is 10.1. The van der Waals surface area contributed by atoms with Gasteiger partial charge < -0.3 is 19.6 Å². The molecule has 2 saturated heterocycles. The van der Waals surface area contributed by atoms with Crippen LogP contribution in [0.25, 0.3) is 0 Å². The van der Waals surface area contributed by atoms with Crippen LogP contribution in [0.2, 0.25) is 0 Å². The Balaban J connectivity index is 1.48. The molecular formula is C20H29FN4O2. The van der Waals surface area contributed by atoms with E-state index in [1.807, 2.05) is 23.9 Å². The summed E-state index contributed by atoms with van der Waals surface area (Å²) in [6.07, 6.45) is 1.26. The second-order valence-corrected chi connectivity index (χ2v) is 7.69. The van der Waals surface area contributed by atoms with Gasteiger partial charge in [-0.05, 0) is 51.3 Å². The van der Waals surface area contributed by atoms with Crippen LogP contribution in [0, 0.1) is 11.7 Å². The van der Waals surface area contributed by atoms with E-state index in [0.29, 0.717) is 26.1 Å². The van der Waals surface area contributed by atoms with Crippen LogP contribution in [0.4, 0.5) is 10.1 Å². The molecule has 6 nitrogen and oxygen atoms in total. The Morgan fingerprint density at radius 1 is 1.15 bits per heavy atom. The van der Waals surface area contributed by atoms with E-state index >= 15 is 0 Å². The molecule has 3 rings (SSSR count). The minimum Gasteiger partial charge on any atom is -0.368 e. The van der Waals surface area contributed by atoms with E-state index in [0.717, 1.165) is 38.3 Å². The molecule has 0 spiro atoms. The largest absolute Gasteiger partial charge is 0.368 e. The topological polar surface area (TPSA) is 47.1 Å². The molecule has 27 heavy (non-hydrogen) atoms. The van der Waals surface area contributed by atoms with Crippen molar-refractivity contribution in [2.75, 3.05) is 64.8 Å².